The van der Waals surface area contributed by atoms with E-state index in [-0.39, 0.29) is 6.54 Å². The lowest BCUT2D eigenvalue weighted by molar-refractivity contribution is -0.137. The Bertz CT molecular complexity index is 800. The Balaban J connectivity index is 1.66. The van der Waals surface area contributed by atoms with Crippen LogP contribution < -0.4 is 5.32 Å². The number of aliphatic imine (C=N–C) groups is 1. The molecule has 0 bridgehead atoms. The van der Waals surface area contributed by atoms with Gasteiger partial charge in [0.1, 0.15) is 5.76 Å². The van der Waals surface area contributed by atoms with Crippen molar-refractivity contribution in [3.8, 4) is 0 Å². The molecule has 0 atom stereocenters. The van der Waals surface area contributed by atoms with Gasteiger partial charge < -0.3 is 19.4 Å². The fourth-order valence-corrected chi connectivity index (χ4v) is 3.48. The fourth-order valence-electron chi connectivity index (χ4n) is 3.48. The number of benzene rings is 1. The zero-order chi connectivity index (χ0) is 21.4. The number of nitrogens with zero attached hydrogens (tertiary/aromatic N) is 2. The molecule has 30 heavy (non-hydrogen) atoms. The first-order valence-corrected chi connectivity index (χ1v) is 10.2. The molecule has 8 heteroatoms. The molecule has 1 N–H and O–H groups in total. The van der Waals surface area contributed by atoms with E-state index >= 15 is 0 Å². The second kappa shape index (κ2) is 10.5. The van der Waals surface area contributed by atoms with Crippen LogP contribution in [0.3, 0.4) is 0 Å². The third-order valence-electron chi connectivity index (χ3n) is 5.13. The first-order chi connectivity index (χ1) is 14.4. The summed E-state index contributed by atoms with van der Waals surface area (Å²) in [5.41, 5.74) is -0.132. The van der Waals surface area contributed by atoms with E-state index in [9.17, 15) is 13.2 Å². The summed E-state index contributed by atoms with van der Waals surface area (Å²) in [6.45, 7) is 3.14. The van der Waals surface area contributed by atoms with Crippen molar-refractivity contribution in [3.05, 3.63) is 59.5 Å². The van der Waals surface area contributed by atoms with Crippen LogP contribution in [0.15, 0.2) is 52.1 Å². The summed E-state index contributed by atoms with van der Waals surface area (Å²) in [5.74, 6) is 2.05. The molecule has 1 saturated heterocycles. The average molecular weight is 423 g/mol. The molecule has 0 amide bonds. The topological polar surface area (TPSA) is 50.0 Å². The lowest BCUT2D eigenvalue weighted by atomic mass is 10.00. The monoisotopic (exact) mass is 423 g/mol. The number of guanidine groups is 1. The molecule has 1 fully saturated rings. The van der Waals surface area contributed by atoms with Crippen LogP contribution in [0.5, 0.6) is 0 Å². The fraction of sp³-hybridized carbons (Fsp3) is 0.500. The minimum Gasteiger partial charge on any atom is -0.469 e. The number of hydrogen-bond donors (Lipinski definition) is 1. The van der Waals surface area contributed by atoms with Crippen molar-refractivity contribution < 1.29 is 22.3 Å². The second-order valence-electron chi connectivity index (χ2n) is 7.53. The maximum absolute atomic E-state index is 13.0. The lowest BCUT2D eigenvalue weighted by Gasteiger charge is -2.29. The predicted molar refractivity (Wildman–Crippen MR) is 109 cm³/mol. The van der Waals surface area contributed by atoms with Gasteiger partial charge in [-0.15, -0.1) is 0 Å². The number of hydrogen-bond acceptors (Lipinski definition) is 3. The van der Waals surface area contributed by atoms with E-state index < -0.39 is 11.7 Å². The number of nitrogens with one attached hydrogen (secondary N) is 1. The smallest absolute Gasteiger partial charge is 0.416 e. The van der Waals surface area contributed by atoms with Gasteiger partial charge in [-0.25, -0.2) is 4.99 Å². The average Bonchev–Trinajstić information content (AvgIpc) is 3.24. The van der Waals surface area contributed by atoms with Gasteiger partial charge >= 0.3 is 6.18 Å². The van der Waals surface area contributed by atoms with Crippen molar-refractivity contribution in [2.45, 2.75) is 32.0 Å². The molecule has 1 aliphatic rings. The first kappa shape index (κ1) is 22.2. The number of ether oxygens (including phenoxy) is 1. The highest BCUT2D eigenvalue weighted by Crippen LogP contribution is 2.29. The summed E-state index contributed by atoms with van der Waals surface area (Å²) in [6.07, 6.45) is -0.0328. The van der Waals surface area contributed by atoms with Crippen LogP contribution in [-0.2, 0) is 23.9 Å². The minimum atomic E-state index is -4.36. The first-order valence-electron chi connectivity index (χ1n) is 10.2. The summed E-state index contributed by atoms with van der Waals surface area (Å²) >= 11 is 0. The molecule has 0 spiro atoms. The van der Waals surface area contributed by atoms with Crippen molar-refractivity contribution in [2.75, 3.05) is 33.4 Å². The van der Waals surface area contributed by atoms with E-state index in [1.54, 1.807) is 12.3 Å². The van der Waals surface area contributed by atoms with Gasteiger partial charge in [0.25, 0.3) is 0 Å². The number of alkyl halides is 3. The van der Waals surface area contributed by atoms with E-state index in [0.717, 1.165) is 50.5 Å². The van der Waals surface area contributed by atoms with Crippen LogP contribution in [0.4, 0.5) is 13.2 Å². The van der Waals surface area contributed by atoms with Gasteiger partial charge in [-0.1, -0.05) is 12.1 Å². The molecule has 2 aromatic rings. The summed E-state index contributed by atoms with van der Waals surface area (Å²) in [4.78, 5) is 6.65. The number of rotatable bonds is 7. The molecule has 0 saturated carbocycles. The molecular formula is C22H28F3N3O2. The van der Waals surface area contributed by atoms with E-state index in [2.05, 4.69) is 10.3 Å². The van der Waals surface area contributed by atoms with E-state index in [1.165, 1.54) is 6.07 Å². The third kappa shape index (κ3) is 6.79. The third-order valence-corrected chi connectivity index (χ3v) is 5.13. The number of furan rings is 1. The predicted octanol–water partition coefficient (Wildman–Crippen LogP) is 4.35. The molecular weight excluding hydrogens is 395 g/mol. The molecule has 1 aromatic heterocycles. The molecule has 0 radical (unpaired) electrons. The standard InChI is InChI=1S/C22H28F3N3O2/c1-28(16-17-8-12-29-13-9-17)21(26-10-7-20-6-3-11-30-20)27-15-18-4-2-5-19(14-18)22(23,24)25/h2-6,11,14,17H,7-10,12-13,15-16H2,1H3,(H,26,27). The van der Waals surface area contributed by atoms with Gasteiger partial charge in [-0.3, -0.25) is 0 Å². The van der Waals surface area contributed by atoms with E-state index in [0.29, 0.717) is 30.4 Å². The highest BCUT2D eigenvalue weighted by Gasteiger charge is 2.30. The largest absolute Gasteiger partial charge is 0.469 e. The Hall–Kier alpha value is -2.48. The van der Waals surface area contributed by atoms with Gasteiger partial charge in [0.05, 0.1) is 18.4 Å². The maximum Gasteiger partial charge on any atom is 0.416 e. The van der Waals surface area contributed by atoms with Gasteiger partial charge in [0.15, 0.2) is 5.96 Å². The Kier molecular flexibility index (Phi) is 7.79. The second-order valence-corrected chi connectivity index (χ2v) is 7.53. The van der Waals surface area contributed by atoms with Crippen molar-refractivity contribution in [1.29, 1.82) is 0 Å². The van der Waals surface area contributed by atoms with Crippen molar-refractivity contribution in [3.63, 3.8) is 0 Å². The summed E-state index contributed by atoms with van der Waals surface area (Å²) in [5, 5.41) is 3.32. The minimum absolute atomic E-state index is 0.172. The summed E-state index contributed by atoms with van der Waals surface area (Å²) in [7, 11) is 1.96. The molecule has 1 aliphatic heterocycles. The van der Waals surface area contributed by atoms with Gasteiger partial charge in [-0.2, -0.15) is 13.2 Å². The Labute approximate surface area is 174 Å². The van der Waals surface area contributed by atoms with Gasteiger partial charge in [0, 0.05) is 39.8 Å². The maximum atomic E-state index is 13.0. The summed E-state index contributed by atoms with van der Waals surface area (Å²) in [6, 6.07) is 9.07. The highest BCUT2D eigenvalue weighted by molar-refractivity contribution is 5.79. The molecule has 2 heterocycles. The molecule has 1 aromatic carbocycles. The van der Waals surface area contributed by atoms with Crippen molar-refractivity contribution in [1.82, 2.24) is 10.2 Å². The quantitative estimate of drug-likeness (QED) is 0.532. The van der Waals surface area contributed by atoms with E-state index in [4.69, 9.17) is 9.15 Å². The molecule has 164 valence electrons. The normalized spacial score (nSPS) is 15.9. The van der Waals surface area contributed by atoms with Gasteiger partial charge in [-0.05, 0) is 48.6 Å². The molecule has 3 rings (SSSR count). The van der Waals surface area contributed by atoms with Crippen LogP contribution in [0, 0.1) is 5.92 Å². The van der Waals surface area contributed by atoms with Crippen LogP contribution in [0.25, 0.3) is 0 Å². The van der Waals surface area contributed by atoms with Crippen molar-refractivity contribution in [2.24, 2.45) is 10.9 Å². The van der Waals surface area contributed by atoms with Gasteiger partial charge in [0.2, 0.25) is 0 Å². The molecule has 0 unspecified atom stereocenters. The van der Waals surface area contributed by atoms with Crippen molar-refractivity contribution >= 4 is 5.96 Å². The SMILES string of the molecule is CN(CC1CCOCC1)C(=NCc1cccc(C(F)(F)F)c1)NCCc1ccco1. The zero-order valence-electron chi connectivity index (χ0n) is 17.1. The Morgan fingerprint density at radius 1 is 1.20 bits per heavy atom. The molecule has 0 aliphatic carbocycles. The molecule has 5 nitrogen and oxygen atoms in total. The zero-order valence-corrected chi connectivity index (χ0v) is 17.1. The van der Waals surface area contributed by atoms with Crippen LogP contribution in [0.2, 0.25) is 0 Å². The Morgan fingerprint density at radius 2 is 2.00 bits per heavy atom. The van der Waals surface area contributed by atoms with Crippen LogP contribution >= 0.6 is 0 Å². The Morgan fingerprint density at radius 3 is 2.70 bits per heavy atom. The highest BCUT2D eigenvalue weighted by atomic mass is 19.4. The van der Waals surface area contributed by atoms with E-state index in [1.807, 2.05) is 24.1 Å². The lowest BCUT2D eigenvalue weighted by Crippen LogP contribution is -2.43. The summed E-state index contributed by atoms with van der Waals surface area (Å²) < 4.78 is 49.7. The van der Waals surface area contributed by atoms with Crippen LogP contribution in [0.1, 0.15) is 29.7 Å². The number of halogens is 3. The van der Waals surface area contributed by atoms with Crippen LogP contribution in [-0.4, -0.2) is 44.2 Å².